The topological polar surface area (TPSA) is 38.1 Å². The Bertz CT molecular complexity index is 493. The van der Waals surface area contributed by atoms with Crippen molar-refractivity contribution in [2.24, 2.45) is 7.05 Å². The molecule has 1 aromatic carbocycles. The van der Waals surface area contributed by atoms with Gasteiger partial charge in [0.1, 0.15) is 0 Å². The van der Waals surface area contributed by atoms with Gasteiger partial charge in [-0.3, -0.25) is 0 Å². The predicted molar refractivity (Wildman–Crippen MR) is 67.9 cm³/mol. The summed E-state index contributed by atoms with van der Waals surface area (Å²) in [6.07, 6.45) is 1.03. The van der Waals surface area contributed by atoms with Gasteiger partial charge in [-0.2, -0.15) is 0 Å². The third-order valence-electron chi connectivity index (χ3n) is 2.63. The van der Waals surface area contributed by atoms with E-state index in [2.05, 4.69) is 34.7 Å². The van der Waals surface area contributed by atoms with Crippen molar-refractivity contribution >= 4 is 22.8 Å². The lowest BCUT2D eigenvalue weighted by atomic mass is 10.1. The predicted octanol–water partition coefficient (Wildman–Crippen LogP) is 2.22. The van der Waals surface area contributed by atoms with E-state index >= 15 is 0 Å². The van der Waals surface area contributed by atoms with E-state index in [-0.39, 0.29) is 6.61 Å². The summed E-state index contributed by atoms with van der Waals surface area (Å²) in [6, 6.07) is 6.40. The number of hydrogen-bond donors (Lipinski definition) is 1. The molecule has 1 N–H and O–H groups in total. The molecule has 0 radical (unpaired) electrons. The Hall–Kier alpha value is -1.00. The van der Waals surface area contributed by atoms with Crippen molar-refractivity contribution in [2.75, 3.05) is 12.4 Å². The zero-order chi connectivity index (χ0) is 11.5. The molecule has 0 aliphatic rings. The van der Waals surface area contributed by atoms with Crippen LogP contribution in [0.15, 0.2) is 23.4 Å². The molecule has 4 heteroatoms. The molecule has 0 saturated carbocycles. The first-order valence-electron chi connectivity index (χ1n) is 5.45. The molecule has 2 aromatic rings. The largest absolute Gasteiger partial charge is 0.396 e. The summed E-state index contributed by atoms with van der Waals surface area (Å²) < 4.78 is 2.08. The van der Waals surface area contributed by atoms with Gasteiger partial charge in [0.05, 0.1) is 17.6 Å². The lowest BCUT2D eigenvalue weighted by Crippen LogP contribution is -1.93. The molecule has 0 bridgehead atoms. The molecule has 0 unspecified atom stereocenters. The Labute approximate surface area is 99.5 Å². The van der Waals surface area contributed by atoms with E-state index in [9.17, 15) is 0 Å². The van der Waals surface area contributed by atoms with Gasteiger partial charge < -0.3 is 9.67 Å². The summed E-state index contributed by atoms with van der Waals surface area (Å²) >= 11 is 1.59. The normalized spacial score (nSPS) is 11.2. The number of aryl methyl sites for hydroxylation is 2. The van der Waals surface area contributed by atoms with E-state index in [0.717, 1.165) is 22.6 Å². The number of thioether (sulfide) groups is 1. The van der Waals surface area contributed by atoms with Crippen LogP contribution in [0.2, 0.25) is 0 Å². The van der Waals surface area contributed by atoms with E-state index in [1.165, 1.54) is 5.56 Å². The molecule has 0 amide bonds. The number of fused-ring (bicyclic) bond motifs is 1. The average molecular weight is 236 g/mol. The molecule has 86 valence electrons. The highest BCUT2D eigenvalue weighted by molar-refractivity contribution is 7.99. The van der Waals surface area contributed by atoms with Crippen LogP contribution in [0.25, 0.3) is 11.0 Å². The minimum Gasteiger partial charge on any atom is -0.396 e. The van der Waals surface area contributed by atoms with Crippen LogP contribution in [0.1, 0.15) is 12.5 Å². The van der Waals surface area contributed by atoms with Gasteiger partial charge in [-0.15, -0.1) is 0 Å². The fraction of sp³-hybridized carbons (Fsp3) is 0.417. The standard InChI is InChI=1S/C12H16N2OS/c1-3-9-4-5-11-10(8-9)13-12(14(11)2)16-7-6-15/h4-5,8,15H,3,6-7H2,1-2H3. The van der Waals surface area contributed by atoms with Crippen molar-refractivity contribution in [3.63, 3.8) is 0 Å². The second-order valence-electron chi connectivity index (χ2n) is 3.70. The highest BCUT2D eigenvalue weighted by Gasteiger charge is 2.07. The quantitative estimate of drug-likeness (QED) is 0.827. The molecule has 0 atom stereocenters. The van der Waals surface area contributed by atoms with Crippen molar-refractivity contribution < 1.29 is 5.11 Å². The number of benzene rings is 1. The highest BCUT2D eigenvalue weighted by atomic mass is 32.2. The molecule has 0 fully saturated rings. The monoisotopic (exact) mass is 236 g/mol. The van der Waals surface area contributed by atoms with Crippen molar-refractivity contribution in [2.45, 2.75) is 18.5 Å². The summed E-state index contributed by atoms with van der Waals surface area (Å²) in [6.45, 7) is 2.33. The van der Waals surface area contributed by atoms with E-state index in [1.54, 1.807) is 11.8 Å². The summed E-state index contributed by atoms with van der Waals surface area (Å²) in [7, 11) is 2.01. The summed E-state index contributed by atoms with van der Waals surface area (Å²) in [5.41, 5.74) is 3.50. The summed E-state index contributed by atoms with van der Waals surface area (Å²) in [4.78, 5) is 4.57. The van der Waals surface area contributed by atoms with E-state index in [4.69, 9.17) is 5.11 Å². The van der Waals surface area contributed by atoms with Gasteiger partial charge in [0.15, 0.2) is 5.16 Å². The second kappa shape index (κ2) is 4.89. The highest BCUT2D eigenvalue weighted by Crippen LogP contribution is 2.23. The third-order valence-corrected chi connectivity index (χ3v) is 3.64. The van der Waals surface area contributed by atoms with Crippen LogP contribution in [0.3, 0.4) is 0 Å². The van der Waals surface area contributed by atoms with Gasteiger partial charge in [-0.05, 0) is 24.1 Å². The lowest BCUT2D eigenvalue weighted by Gasteiger charge is -2.00. The minimum absolute atomic E-state index is 0.189. The van der Waals surface area contributed by atoms with E-state index in [1.807, 2.05) is 7.05 Å². The number of hydrogen-bond acceptors (Lipinski definition) is 3. The first-order chi connectivity index (χ1) is 7.76. The molecule has 0 saturated heterocycles. The van der Waals surface area contributed by atoms with E-state index < -0.39 is 0 Å². The first kappa shape index (κ1) is 11.5. The van der Waals surface area contributed by atoms with E-state index in [0.29, 0.717) is 5.75 Å². The Kier molecular flexibility index (Phi) is 3.51. The Morgan fingerprint density at radius 1 is 1.44 bits per heavy atom. The van der Waals surface area contributed by atoms with Gasteiger partial charge in [-0.1, -0.05) is 24.8 Å². The molecule has 3 nitrogen and oxygen atoms in total. The summed E-state index contributed by atoms with van der Waals surface area (Å²) in [5.74, 6) is 0.692. The number of rotatable bonds is 4. The van der Waals surface area contributed by atoms with Crippen molar-refractivity contribution in [1.82, 2.24) is 9.55 Å². The maximum absolute atomic E-state index is 8.82. The molecular formula is C12H16N2OS. The van der Waals surface area contributed by atoms with Gasteiger partial charge >= 0.3 is 0 Å². The molecule has 16 heavy (non-hydrogen) atoms. The van der Waals surface area contributed by atoms with Crippen LogP contribution in [-0.4, -0.2) is 27.0 Å². The maximum Gasteiger partial charge on any atom is 0.168 e. The van der Waals surface area contributed by atoms with Crippen molar-refractivity contribution in [3.8, 4) is 0 Å². The molecule has 0 aliphatic heterocycles. The number of aliphatic hydroxyl groups excluding tert-OH is 1. The zero-order valence-electron chi connectivity index (χ0n) is 9.60. The second-order valence-corrected chi connectivity index (χ2v) is 4.76. The first-order valence-corrected chi connectivity index (χ1v) is 6.43. The Morgan fingerprint density at radius 3 is 2.94 bits per heavy atom. The lowest BCUT2D eigenvalue weighted by molar-refractivity contribution is 0.322. The zero-order valence-corrected chi connectivity index (χ0v) is 10.4. The van der Waals surface area contributed by atoms with Crippen LogP contribution in [0.4, 0.5) is 0 Å². The third kappa shape index (κ3) is 2.08. The fourth-order valence-corrected chi connectivity index (χ4v) is 2.44. The molecule has 0 aliphatic carbocycles. The average Bonchev–Trinajstić information content (AvgIpc) is 2.63. The fourth-order valence-electron chi connectivity index (χ4n) is 1.71. The van der Waals surface area contributed by atoms with Crippen LogP contribution in [-0.2, 0) is 13.5 Å². The SMILES string of the molecule is CCc1ccc2c(c1)nc(SCCO)n2C. The Morgan fingerprint density at radius 2 is 2.25 bits per heavy atom. The number of nitrogens with zero attached hydrogens (tertiary/aromatic N) is 2. The van der Waals surface area contributed by atoms with Gasteiger partial charge in [0.25, 0.3) is 0 Å². The molecule has 1 aromatic heterocycles. The Balaban J connectivity index is 2.41. The minimum atomic E-state index is 0.189. The van der Waals surface area contributed by atoms with Crippen molar-refractivity contribution in [3.05, 3.63) is 23.8 Å². The van der Waals surface area contributed by atoms with Gasteiger partial charge in [0, 0.05) is 12.8 Å². The maximum atomic E-state index is 8.82. The number of aromatic nitrogens is 2. The summed E-state index contributed by atoms with van der Waals surface area (Å²) in [5, 5.41) is 9.79. The van der Waals surface area contributed by atoms with Crippen LogP contribution >= 0.6 is 11.8 Å². The van der Waals surface area contributed by atoms with Crippen molar-refractivity contribution in [1.29, 1.82) is 0 Å². The van der Waals surface area contributed by atoms with Crippen LogP contribution in [0.5, 0.6) is 0 Å². The number of imidazole rings is 1. The number of aliphatic hydroxyl groups is 1. The van der Waals surface area contributed by atoms with Crippen LogP contribution < -0.4 is 0 Å². The van der Waals surface area contributed by atoms with Gasteiger partial charge in [-0.25, -0.2) is 4.98 Å². The smallest absolute Gasteiger partial charge is 0.168 e. The molecule has 2 rings (SSSR count). The molecule has 1 heterocycles. The molecular weight excluding hydrogens is 220 g/mol. The molecule has 0 spiro atoms. The van der Waals surface area contributed by atoms with Gasteiger partial charge in [0.2, 0.25) is 0 Å². The van der Waals surface area contributed by atoms with Crippen LogP contribution in [0, 0.1) is 0 Å².